The Balaban J connectivity index is 3.00. The Kier molecular flexibility index (Phi) is 4.13. The van der Waals surface area contributed by atoms with Crippen molar-refractivity contribution in [2.75, 3.05) is 0 Å². The molecule has 0 bridgehead atoms. The molecule has 1 rings (SSSR count). The van der Waals surface area contributed by atoms with Crippen molar-refractivity contribution in [3.05, 3.63) is 16.1 Å². The first kappa shape index (κ1) is 13.7. The number of hydrogen-bond donors (Lipinski definition) is 1. The molecule has 3 heteroatoms. The highest BCUT2D eigenvalue weighted by molar-refractivity contribution is 7.09. The summed E-state index contributed by atoms with van der Waals surface area (Å²) in [5.74, 6) is 0. The minimum absolute atomic E-state index is 0.121. The Morgan fingerprint density at radius 3 is 2.31 bits per heavy atom. The molecular formula is C13H24N2S. The van der Waals surface area contributed by atoms with E-state index in [1.165, 1.54) is 0 Å². The van der Waals surface area contributed by atoms with Crippen LogP contribution in [-0.4, -0.2) is 4.98 Å². The lowest BCUT2D eigenvalue weighted by molar-refractivity contribution is 0.385. The molecule has 2 nitrogen and oxygen atoms in total. The molecule has 0 aliphatic carbocycles. The van der Waals surface area contributed by atoms with Gasteiger partial charge in [0.15, 0.2) is 0 Å². The Hall–Kier alpha value is -0.410. The molecule has 0 aromatic carbocycles. The van der Waals surface area contributed by atoms with Gasteiger partial charge in [0.25, 0.3) is 0 Å². The number of hydrogen-bond acceptors (Lipinski definition) is 3. The molecule has 0 fully saturated rings. The molecule has 16 heavy (non-hydrogen) atoms. The maximum absolute atomic E-state index is 6.43. The second kappa shape index (κ2) is 4.84. The molecule has 92 valence electrons. The van der Waals surface area contributed by atoms with Crippen LogP contribution < -0.4 is 5.73 Å². The first-order valence-electron chi connectivity index (χ1n) is 6.09. The molecular weight excluding hydrogens is 216 g/mol. The molecule has 1 heterocycles. The molecule has 1 atom stereocenters. The number of nitrogens with two attached hydrogens (primary N) is 1. The van der Waals surface area contributed by atoms with Crippen LogP contribution in [0.4, 0.5) is 0 Å². The van der Waals surface area contributed by atoms with Gasteiger partial charge in [-0.1, -0.05) is 41.0 Å². The lowest BCUT2D eigenvalue weighted by Gasteiger charge is -2.25. The van der Waals surface area contributed by atoms with E-state index < -0.39 is 0 Å². The molecule has 0 aliphatic heterocycles. The maximum Gasteiger partial charge on any atom is 0.113 e. The van der Waals surface area contributed by atoms with Gasteiger partial charge in [0.05, 0.1) is 11.2 Å². The summed E-state index contributed by atoms with van der Waals surface area (Å²) in [4.78, 5) is 4.74. The fraction of sp³-hybridized carbons (Fsp3) is 0.769. The first-order chi connectivity index (χ1) is 7.33. The lowest BCUT2D eigenvalue weighted by atomic mass is 9.91. The van der Waals surface area contributed by atoms with Gasteiger partial charge < -0.3 is 5.73 Å². The van der Waals surface area contributed by atoms with E-state index >= 15 is 0 Å². The van der Waals surface area contributed by atoms with Crippen LogP contribution in [0.5, 0.6) is 0 Å². The predicted octanol–water partition coefficient (Wildman–Crippen LogP) is 3.80. The molecule has 1 aromatic rings. The topological polar surface area (TPSA) is 38.9 Å². The fourth-order valence-electron chi connectivity index (χ4n) is 1.73. The van der Waals surface area contributed by atoms with Crippen molar-refractivity contribution in [2.24, 2.45) is 5.73 Å². The van der Waals surface area contributed by atoms with E-state index in [4.69, 9.17) is 10.7 Å². The van der Waals surface area contributed by atoms with Crippen molar-refractivity contribution in [2.45, 2.75) is 64.8 Å². The smallest absolute Gasteiger partial charge is 0.113 e. The van der Waals surface area contributed by atoms with E-state index in [2.05, 4.69) is 40.0 Å². The van der Waals surface area contributed by atoms with Crippen molar-refractivity contribution in [1.82, 2.24) is 4.98 Å². The molecule has 0 radical (unpaired) electrons. The van der Waals surface area contributed by atoms with Crippen LogP contribution in [0.25, 0.3) is 0 Å². The molecule has 1 aromatic heterocycles. The van der Waals surface area contributed by atoms with Crippen LogP contribution >= 0.6 is 11.3 Å². The van der Waals surface area contributed by atoms with E-state index in [-0.39, 0.29) is 11.0 Å². The number of rotatable bonds is 4. The summed E-state index contributed by atoms with van der Waals surface area (Å²) in [5, 5.41) is 3.25. The molecule has 0 aliphatic rings. The fourth-order valence-corrected chi connectivity index (χ4v) is 2.99. The van der Waals surface area contributed by atoms with E-state index in [0.29, 0.717) is 0 Å². The summed E-state index contributed by atoms with van der Waals surface area (Å²) in [6.07, 6.45) is 3.08. The second-order valence-electron chi connectivity index (χ2n) is 5.55. The summed E-state index contributed by atoms with van der Waals surface area (Å²) in [7, 11) is 0. The van der Waals surface area contributed by atoms with Crippen molar-refractivity contribution in [1.29, 1.82) is 0 Å². The van der Waals surface area contributed by atoms with Crippen LogP contribution in [0, 0.1) is 0 Å². The van der Waals surface area contributed by atoms with Crippen LogP contribution in [0.15, 0.2) is 5.38 Å². The normalized spacial score (nSPS) is 16.1. The zero-order valence-electron chi connectivity index (χ0n) is 11.1. The summed E-state index contributed by atoms with van der Waals surface area (Å²) < 4.78 is 0. The first-order valence-corrected chi connectivity index (χ1v) is 6.97. The van der Waals surface area contributed by atoms with E-state index in [1.807, 2.05) is 0 Å². The van der Waals surface area contributed by atoms with Gasteiger partial charge in [-0.25, -0.2) is 4.98 Å². The van der Waals surface area contributed by atoms with Crippen molar-refractivity contribution < 1.29 is 0 Å². The largest absolute Gasteiger partial charge is 0.319 e. The summed E-state index contributed by atoms with van der Waals surface area (Å²) in [6, 6.07) is 0. The highest BCUT2D eigenvalue weighted by atomic mass is 32.1. The quantitative estimate of drug-likeness (QED) is 0.869. The van der Waals surface area contributed by atoms with E-state index in [0.717, 1.165) is 30.0 Å². The van der Waals surface area contributed by atoms with Crippen molar-refractivity contribution in [3.63, 3.8) is 0 Å². The Bertz CT molecular complexity index is 338. The van der Waals surface area contributed by atoms with Crippen LogP contribution in [-0.2, 0) is 11.0 Å². The second-order valence-corrected chi connectivity index (χ2v) is 6.41. The van der Waals surface area contributed by atoms with Crippen LogP contribution in [0.3, 0.4) is 0 Å². The van der Waals surface area contributed by atoms with E-state index in [9.17, 15) is 0 Å². The third-order valence-corrected chi connectivity index (χ3v) is 4.09. The molecule has 0 saturated carbocycles. The zero-order valence-corrected chi connectivity index (χ0v) is 11.9. The average Bonchev–Trinajstić information content (AvgIpc) is 2.66. The van der Waals surface area contributed by atoms with Gasteiger partial charge in [0.1, 0.15) is 5.01 Å². The Morgan fingerprint density at radius 1 is 1.31 bits per heavy atom. The standard InChI is InChI=1S/C13H24N2S/c1-6-8-13(14,7-2)11-15-10(9-16-11)12(3,4)5/h9H,6-8,14H2,1-5H3. The summed E-state index contributed by atoms with van der Waals surface area (Å²) in [6.45, 7) is 10.9. The maximum atomic E-state index is 6.43. The third kappa shape index (κ3) is 2.83. The minimum Gasteiger partial charge on any atom is -0.319 e. The number of thiazole rings is 1. The van der Waals surface area contributed by atoms with Crippen LogP contribution in [0.1, 0.15) is 64.6 Å². The van der Waals surface area contributed by atoms with Crippen molar-refractivity contribution >= 4 is 11.3 Å². The van der Waals surface area contributed by atoms with Gasteiger partial charge in [-0.2, -0.15) is 0 Å². The Morgan fingerprint density at radius 2 is 1.94 bits per heavy atom. The monoisotopic (exact) mass is 240 g/mol. The Labute approximate surface area is 103 Å². The summed E-state index contributed by atoms with van der Waals surface area (Å²) in [5.41, 5.74) is 7.49. The van der Waals surface area contributed by atoms with Gasteiger partial charge >= 0.3 is 0 Å². The minimum atomic E-state index is -0.219. The molecule has 0 amide bonds. The van der Waals surface area contributed by atoms with Gasteiger partial charge in [-0.05, 0) is 12.8 Å². The SMILES string of the molecule is CCCC(N)(CC)c1nc(C(C)(C)C)cs1. The lowest BCUT2D eigenvalue weighted by Crippen LogP contribution is -2.35. The zero-order chi connectivity index (χ0) is 12.4. The highest BCUT2D eigenvalue weighted by Gasteiger charge is 2.29. The molecule has 0 saturated heterocycles. The summed E-state index contributed by atoms with van der Waals surface area (Å²) >= 11 is 1.71. The average molecular weight is 240 g/mol. The van der Waals surface area contributed by atoms with Crippen LogP contribution in [0.2, 0.25) is 0 Å². The van der Waals surface area contributed by atoms with Gasteiger partial charge in [-0.15, -0.1) is 11.3 Å². The van der Waals surface area contributed by atoms with Crippen molar-refractivity contribution in [3.8, 4) is 0 Å². The van der Waals surface area contributed by atoms with Gasteiger partial charge in [0.2, 0.25) is 0 Å². The third-order valence-electron chi connectivity index (χ3n) is 3.03. The predicted molar refractivity (Wildman–Crippen MR) is 71.9 cm³/mol. The highest BCUT2D eigenvalue weighted by Crippen LogP contribution is 2.32. The van der Waals surface area contributed by atoms with Gasteiger partial charge in [-0.3, -0.25) is 0 Å². The van der Waals surface area contributed by atoms with E-state index in [1.54, 1.807) is 11.3 Å². The number of nitrogens with zero attached hydrogens (tertiary/aromatic N) is 1. The molecule has 1 unspecified atom stereocenters. The van der Waals surface area contributed by atoms with Gasteiger partial charge in [0, 0.05) is 10.8 Å². The number of aromatic nitrogens is 1. The molecule has 2 N–H and O–H groups in total. The molecule has 0 spiro atoms.